The van der Waals surface area contributed by atoms with Crippen molar-refractivity contribution in [3.63, 3.8) is 0 Å². The molecule has 0 aliphatic carbocycles. The number of pyridine rings is 1. The van der Waals surface area contributed by atoms with Crippen LogP contribution in [0.5, 0.6) is 11.6 Å². The lowest BCUT2D eigenvalue weighted by Crippen LogP contribution is -2.37. The van der Waals surface area contributed by atoms with Crippen molar-refractivity contribution in [3.05, 3.63) is 53.2 Å². The summed E-state index contributed by atoms with van der Waals surface area (Å²) < 4.78 is 5.72. The summed E-state index contributed by atoms with van der Waals surface area (Å²) in [5.74, 6) is 1.55. The molecule has 0 atom stereocenters. The molecule has 5 nitrogen and oxygen atoms in total. The van der Waals surface area contributed by atoms with Crippen LogP contribution < -0.4 is 4.74 Å². The molecular weight excluding hydrogens is 314 g/mol. The molecule has 1 heterocycles. The number of nitrogens with zero attached hydrogens (tertiary/aromatic N) is 3. The number of ether oxygens (including phenoxy) is 1. The first-order valence-corrected chi connectivity index (χ1v) is 7.81. The van der Waals surface area contributed by atoms with Gasteiger partial charge < -0.3 is 14.8 Å². The Morgan fingerprint density at radius 2 is 2.00 bits per heavy atom. The van der Waals surface area contributed by atoms with E-state index in [9.17, 15) is 5.21 Å². The van der Waals surface area contributed by atoms with Gasteiger partial charge in [0.2, 0.25) is 5.88 Å². The number of halogens is 1. The average molecular weight is 334 g/mol. The van der Waals surface area contributed by atoms with Gasteiger partial charge >= 0.3 is 0 Å². The Morgan fingerprint density at radius 3 is 2.57 bits per heavy atom. The minimum Gasteiger partial charge on any atom is -0.439 e. The van der Waals surface area contributed by atoms with Crippen LogP contribution in [0.25, 0.3) is 0 Å². The van der Waals surface area contributed by atoms with Crippen molar-refractivity contribution >= 4 is 17.4 Å². The topological polar surface area (TPSA) is 58.0 Å². The Hall–Kier alpha value is -2.27. The monoisotopic (exact) mass is 333 g/mol. The van der Waals surface area contributed by atoms with Crippen molar-refractivity contribution in [2.24, 2.45) is 5.16 Å². The van der Waals surface area contributed by atoms with Gasteiger partial charge in [0.15, 0.2) is 5.84 Å². The zero-order chi connectivity index (χ0) is 16.8. The van der Waals surface area contributed by atoms with Gasteiger partial charge in [0, 0.05) is 35.4 Å². The van der Waals surface area contributed by atoms with Gasteiger partial charge in [0.05, 0.1) is 0 Å². The number of benzene rings is 1. The van der Waals surface area contributed by atoms with Crippen molar-refractivity contribution in [2.45, 2.75) is 26.8 Å². The third kappa shape index (κ3) is 4.36. The van der Waals surface area contributed by atoms with E-state index >= 15 is 0 Å². The molecule has 0 bridgehead atoms. The molecule has 1 aromatic carbocycles. The highest BCUT2D eigenvalue weighted by molar-refractivity contribution is 6.30. The minimum atomic E-state index is 0.208. The number of rotatable bonds is 5. The first-order valence-electron chi connectivity index (χ1n) is 7.43. The van der Waals surface area contributed by atoms with Crippen LogP contribution in [0.2, 0.25) is 5.02 Å². The van der Waals surface area contributed by atoms with Crippen LogP contribution in [0.1, 0.15) is 26.3 Å². The van der Waals surface area contributed by atoms with E-state index in [2.05, 4.69) is 10.1 Å². The molecule has 0 unspecified atom stereocenters. The Morgan fingerprint density at radius 1 is 1.30 bits per heavy atom. The summed E-state index contributed by atoms with van der Waals surface area (Å²) in [5.41, 5.74) is 0.738. The van der Waals surface area contributed by atoms with Crippen LogP contribution in [0.4, 0.5) is 0 Å². The van der Waals surface area contributed by atoms with Gasteiger partial charge in [-0.05, 0) is 51.1 Å². The molecule has 0 fully saturated rings. The van der Waals surface area contributed by atoms with E-state index in [1.165, 1.54) is 0 Å². The van der Waals surface area contributed by atoms with Gasteiger partial charge in [-0.25, -0.2) is 4.98 Å². The fraction of sp³-hybridized carbons (Fsp3) is 0.294. The summed E-state index contributed by atoms with van der Waals surface area (Å²) in [7, 11) is 0. The fourth-order valence-electron chi connectivity index (χ4n) is 2.27. The summed E-state index contributed by atoms with van der Waals surface area (Å²) in [4.78, 5) is 6.18. The van der Waals surface area contributed by atoms with Crippen LogP contribution in [-0.2, 0) is 0 Å². The van der Waals surface area contributed by atoms with E-state index < -0.39 is 0 Å². The van der Waals surface area contributed by atoms with Gasteiger partial charge in [-0.3, -0.25) is 0 Å². The van der Waals surface area contributed by atoms with E-state index in [4.69, 9.17) is 16.3 Å². The highest BCUT2D eigenvalue weighted by Crippen LogP contribution is 2.22. The summed E-state index contributed by atoms with van der Waals surface area (Å²) in [6.07, 6.45) is 1.62. The molecular formula is C17H20ClN3O2. The summed E-state index contributed by atoms with van der Waals surface area (Å²) >= 11 is 5.86. The summed E-state index contributed by atoms with van der Waals surface area (Å²) in [5, 5.41) is 13.5. The highest BCUT2D eigenvalue weighted by atomic mass is 35.5. The lowest BCUT2D eigenvalue weighted by atomic mass is 10.2. The number of hydrogen-bond donors (Lipinski definition) is 1. The third-order valence-electron chi connectivity index (χ3n) is 3.36. The predicted octanol–water partition coefficient (Wildman–Crippen LogP) is 4.39. The van der Waals surface area contributed by atoms with E-state index in [1.54, 1.807) is 42.6 Å². The maximum Gasteiger partial charge on any atom is 0.219 e. The molecule has 0 aliphatic rings. The zero-order valence-electron chi connectivity index (χ0n) is 13.4. The summed E-state index contributed by atoms with van der Waals surface area (Å²) in [6.45, 7) is 6.83. The summed E-state index contributed by atoms with van der Waals surface area (Å²) in [6, 6.07) is 10.8. The molecule has 2 aromatic rings. The quantitative estimate of drug-likeness (QED) is 0.381. The molecule has 122 valence electrons. The van der Waals surface area contributed by atoms with Gasteiger partial charge in [0.25, 0.3) is 0 Å². The van der Waals surface area contributed by atoms with E-state index in [0.29, 0.717) is 22.5 Å². The second-order valence-corrected chi connectivity index (χ2v) is 5.68. The van der Waals surface area contributed by atoms with Crippen molar-refractivity contribution in [1.82, 2.24) is 9.88 Å². The molecule has 6 heteroatoms. The second kappa shape index (κ2) is 7.83. The normalized spacial score (nSPS) is 11.6. The predicted molar refractivity (Wildman–Crippen MR) is 91.6 cm³/mol. The lowest BCUT2D eigenvalue weighted by Gasteiger charge is -2.27. The van der Waals surface area contributed by atoms with Crippen LogP contribution in [0.3, 0.4) is 0 Å². The van der Waals surface area contributed by atoms with E-state index in [0.717, 1.165) is 12.1 Å². The number of aromatic nitrogens is 1. The third-order valence-corrected chi connectivity index (χ3v) is 3.61. The van der Waals surface area contributed by atoms with E-state index in [1.807, 2.05) is 25.7 Å². The van der Waals surface area contributed by atoms with Crippen LogP contribution in [0, 0.1) is 0 Å². The van der Waals surface area contributed by atoms with Gasteiger partial charge in [0.1, 0.15) is 5.75 Å². The zero-order valence-corrected chi connectivity index (χ0v) is 14.2. The molecule has 0 saturated carbocycles. The average Bonchev–Trinajstić information content (AvgIpc) is 2.54. The first-order chi connectivity index (χ1) is 11.0. The van der Waals surface area contributed by atoms with Crippen LogP contribution >= 0.6 is 11.6 Å². The SMILES string of the molecule is CCN(/C(=N\O)c1ccnc(Oc2ccc(Cl)cc2)c1)C(C)C. The molecule has 0 saturated heterocycles. The molecule has 1 aromatic heterocycles. The number of hydrogen-bond acceptors (Lipinski definition) is 4. The molecule has 1 N–H and O–H groups in total. The number of oxime groups is 1. The largest absolute Gasteiger partial charge is 0.439 e. The van der Waals surface area contributed by atoms with Crippen molar-refractivity contribution in [1.29, 1.82) is 0 Å². The first kappa shape index (κ1) is 17.1. The van der Waals surface area contributed by atoms with Crippen molar-refractivity contribution < 1.29 is 9.94 Å². The maximum absolute atomic E-state index is 9.41. The Kier molecular flexibility index (Phi) is 5.82. The van der Waals surface area contributed by atoms with Gasteiger partial charge in [-0.1, -0.05) is 16.8 Å². The molecule has 2 rings (SSSR count). The van der Waals surface area contributed by atoms with Crippen molar-refractivity contribution in [3.8, 4) is 11.6 Å². The second-order valence-electron chi connectivity index (χ2n) is 5.24. The fourth-order valence-corrected chi connectivity index (χ4v) is 2.39. The lowest BCUT2D eigenvalue weighted by molar-refractivity contribution is 0.290. The van der Waals surface area contributed by atoms with Gasteiger partial charge in [-0.2, -0.15) is 0 Å². The Balaban J connectivity index is 2.26. The Bertz CT molecular complexity index is 672. The molecule has 0 aliphatic heterocycles. The van der Waals surface area contributed by atoms with E-state index in [-0.39, 0.29) is 6.04 Å². The molecule has 23 heavy (non-hydrogen) atoms. The molecule has 0 spiro atoms. The molecule has 0 amide bonds. The smallest absolute Gasteiger partial charge is 0.219 e. The van der Waals surface area contributed by atoms with Crippen LogP contribution in [-0.4, -0.2) is 33.5 Å². The standard InChI is InChI=1S/C17H20ClN3O2/c1-4-21(12(2)3)17(20-22)13-9-10-19-16(11-13)23-15-7-5-14(18)6-8-15/h5-12,22H,4H2,1-3H3/b20-17-. The van der Waals surface area contributed by atoms with Crippen molar-refractivity contribution in [2.75, 3.05) is 6.54 Å². The highest BCUT2D eigenvalue weighted by Gasteiger charge is 2.16. The maximum atomic E-state index is 9.41. The minimum absolute atomic E-state index is 0.208. The van der Waals surface area contributed by atoms with Crippen LogP contribution in [0.15, 0.2) is 47.8 Å². The number of amidine groups is 1. The Labute approximate surface area is 141 Å². The molecule has 0 radical (unpaired) electrons. The van der Waals surface area contributed by atoms with Gasteiger partial charge in [-0.15, -0.1) is 0 Å².